The van der Waals surface area contributed by atoms with Crippen molar-refractivity contribution in [3.63, 3.8) is 0 Å². The van der Waals surface area contributed by atoms with E-state index >= 15 is 0 Å². The Kier molecular flexibility index (Phi) is 3.53. The van der Waals surface area contributed by atoms with Gasteiger partial charge >= 0.3 is 0 Å². The van der Waals surface area contributed by atoms with Crippen molar-refractivity contribution >= 4 is 29.1 Å². The Balaban J connectivity index is 2.44. The van der Waals surface area contributed by atoms with Gasteiger partial charge < -0.3 is 0 Å². The van der Waals surface area contributed by atoms with Crippen molar-refractivity contribution in [1.29, 1.82) is 0 Å². The van der Waals surface area contributed by atoms with Gasteiger partial charge in [-0.05, 0) is 12.0 Å². The molecule has 0 fully saturated rings. The number of carbonyl (C=O) groups excluding carboxylic acids is 2. The number of hydrogen-bond acceptors (Lipinski definition) is 4. The van der Waals surface area contributed by atoms with Crippen LogP contribution >= 0.6 is 11.6 Å². The molecule has 1 heterocycles. The van der Waals surface area contributed by atoms with E-state index in [0.717, 1.165) is 4.90 Å². The molecule has 1 aromatic rings. The summed E-state index contributed by atoms with van der Waals surface area (Å²) >= 11 is 5.66. The van der Waals surface area contributed by atoms with E-state index in [1.807, 2.05) is 0 Å². The summed E-state index contributed by atoms with van der Waals surface area (Å²) in [6.07, 6.45) is 0. The number of nitro benzene ring substituents is 1. The molecule has 1 unspecified atom stereocenters. The monoisotopic (exact) mass is 282 g/mol. The van der Waals surface area contributed by atoms with Gasteiger partial charge in [-0.2, -0.15) is 0 Å². The molecule has 19 heavy (non-hydrogen) atoms. The normalized spacial score (nSPS) is 15.6. The lowest BCUT2D eigenvalue weighted by atomic mass is 10.1. The predicted molar refractivity (Wildman–Crippen MR) is 68.3 cm³/mol. The fraction of sp³-hybridized carbons (Fsp3) is 0.333. The average Bonchev–Trinajstić information content (AvgIpc) is 2.63. The highest BCUT2D eigenvalue weighted by atomic mass is 35.5. The van der Waals surface area contributed by atoms with E-state index < -0.39 is 16.7 Å². The van der Waals surface area contributed by atoms with Gasteiger partial charge in [0.25, 0.3) is 17.5 Å². The van der Waals surface area contributed by atoms with Crippen LogP contribution in [0.25, 0.3) is 0 Å². The molecule has 0 aliphatic carbocycles. The van der Waals surface area contributed by atoms with E-state index in [1.165, 1.54) is 18.2 Å². The molecule has 100 valence electrons. The molecule has 6 nitrogen and oxygen atoms in total. The number of hydrogen-bond donors (Lipinski definition) is 0. The number of halogens is 1. The molecule has 1 aliphatic rings. The van der Waals surface area contributed by atoms with Crippen molar-refractivity contribution < 1.29 is 14.5 Å². The largest absolute Gasteiger partial charge is 0.282 e. The van der Waals surface area contributed by atoms with Crippen LogP contribution in [0.5, 0.6) is 0 Å². The molecule has 2 amide bonds. The first kappa shape index (κ1) is 13.5. The zero-order chi connectivity index (χ0) is 14.2. The molecular weight excluding hydrogens is 272 g/mol. The number of nitro groups is 1. The molecule has 0 radical (unpaired) electrons. The average molecular weight is 283 g/mol. The number of alkyl halides is 1. The Labute approximate surface area is 114 Å². The second-order valence-corrected chi connectivity index (χ2v) is 4.75. The Bertz CT molecular complexity index is 573. The molecular formula is C12H11ClN2O4. The van der Waals surface area contributed by atoms with Gasteiger partial charge in [-0.3, -0.25) is 24.6 Å². The van der Waals surface area contributed by atoms with Crippen LogP contribution in [0.15, 0.2) is 18.2 Å². The zero-order valence-electron chi connectivity index (χ0n) is 10.1. The number of imide groups is 1. The molecule has 1 atom stereocenters. The van der Waals surface area contributed by atoms with E-state index in [9.17, 15) is 19.7 Å². The summed E-state index contributed by atoms with van der Waals surface area (Å²) in [6, 6.07) is 4.04. The molecule has 0 bridgehead atoms. The standard InChI is InChI=1S/C12H11ClN2O4/c1-7(5-13)6-14-11(16)8-3-2-4-9(15(18)19)10(8)12(14)17/h2-4,7H,5-6H2,1H3. The maximum Gasteiger partial charge on any atom is 0.282 e. The SMILES string of the molecule is CC(CCl)CN1C(=O)c2cccc([N+](=O)[O-])c2C1=O. The molecule has 0 saturated heterocycles. The number of rotatable bonds is 4. The molecule has 0 spiro atoms. The second-order valence-electron chi connectivity index (χ2n) is 4.44. The van der Waals surface area contributed by atoms with Crippen molar-refractivity contribution in [2.45, 2.75) is 6.92 Å². The highest BCUT2D eigenvalue weighted by Gasteiger charge is 2.41. The van der Waals surface area contributed by atoms with Crippen LogP contribution in [0.1, 0.15) is 27.6 Å². The summed E-state index contributed by atoms with van der Waals surface area (Å²) in [6.45, 7) is 1.96. The molecule has 0 aromatic heterocycles. The summed E-state index contributed by atoms with van der Waals surface area (Å²) in [5, 5.41) is 10.9. The third-order valence-corrected chi connectivity index (χ3v) is 3.46. The van der Waals surface area contributed by atoms with Crippen molar-refractivity contribution in [3.8, 4) is 0 Å². The molecule has 1 aromatic carbocycles. The van der Waals surface area contributed by atoms with Crippen LogP contribution in [0.2, 0.25) is 0 Å². The zero-order valence-corrected chi connectivity index (χ0v) is 10.9. The summed E-state index contributed by atoms with van der Waals surface area (Å²) < 4.78 is 0. The summed E-state index contributed by atoms with van der Waals surface area (Å²) in [5.41, 5.74) is -0.378. The van der Waals surface area contributed by atoms with E-state index in [0.29, 0.717) is 5.88 Å². The van der Waals surface area contributed by atoms with Gasteiger partial charge in [0.05, 0.1) is 10.5 Å². The first-order valence-corrected chi connectivity index (χ1v) is 6.20. The minimum absolute atomic E-state index is 0.0667. The number of carbonyl (C=O) groups is 2. The predicted octanol–water partition coefficient (Wildman–Crippen LogP) is 2.07. The molecule has 1 aliphatic heterocycles. The lowest BCUT2D eigenvalue weighted by Gasteiger charge is -2.17. The summed E-state index contributed by atoms with van der Waals surface area (Å²) in [4.78, 5) is 35.5. The van der Waals surface area contributed by atoms with Crippen molar-refractivity contribution in [2.24, 2.45) is 5.92 Å². The van der Waals surface area contributed by atoms with Crippen molar-refractivity contribution in [1.82, 2.24) is 4.90 Å². The first-order chi connectivity index (χ1) is 8.97. The number of benzene rings is 1. The van der Waals surface area contributed by atoms with Crippen LogP contribution in [0.3, 0.4) is 0 Å². The summed E-state index contributed by atoms with van der Waals surface area (Å²) in [5.74, 6) is -0.886. The van der Waals surface area contributed by atoms with Gasteiger partial charge in [0.1, 0.15) is 5.56 Å². The number of nitrogens with zero attached hydrogens (tertiary/aromatic N) is 2. The first-order valence-electron chi connectivity index (χ1n) is 5.67. The van der Waals surface area contributed by atoms with E-state index in [4.69, 9.17) is 11.6 Å². The third-order valence-electron chi connectivity index (χ3n) is 2.93. The van der Waals surface area contributed by atoms with E-state index in [-0.39, 0.29) is 29.3 Å². The maximum atomic E-state index is 12.1. The van der Waals surface area contributed by atoms with Gasteiger partial charge in [0.15, 0.2) is 0 Å². The molecule has 2 rings (SSSR count). The minimum Gasteiger partial charge on any atom is -0.274 e. The van der Waals surface area contributed by atoms with Crippen LogP contribution < -0.4 is 0 Å². The fourth-order valence-corrected chi connectivity index (χ4v) is 2.09. The number of fused-ring (bicyclic) bond motifs is 1. The molecule has 0 N–H and O–H groups in total. The lowest BCUT2D eigenvalue weighted by Crippen LogP contribution is -2.34. The van der Waals surface area contributed by atoms with Gasteiger partial charge in [-0.25, -0.2) is 0 Å². The maximum absolute atomic E-state index is 12.1. The topological polar surface area (TPSA) is 80.5 Å². The Morgan fingerprint density at radius 2 is 2.05 bits per heavy atom. The van der Waals surface area contributed by atoms with Crippen molar-refractivity contribution in [2.75, 3.05) is 12.4 Å². The molecule has 7 heteroatoms. The highest BCUT2D eigenvalue weighted by Crippen LogP contribution is 2.31. The van der Waals surface area contributed by atoms with Gasteiger partial charge in [0.2, 0.25) is 0 Å². The molecule has 0 saturated carbocycles. The smallest absolute Gasteiger partial charge is 0.274 e. The summed E-state index contributed by atoms with van der Waals surface area (Å²) in [7, 11) is 0. The van der Waals surface area contributed by atoms with Gasteiger partial charge in [-0.15, -0.1) is 11.6 Å². The van der Waals surface area contributed by atoms with E-state index in [2.05, 4.69) is 0 Å². The quantitative estimate of drug-likeness (QED) is 0.366. The van der Waals surface area contributed by atoms with Crippen LogP contribution in [0.4, 0.5) is 5.69 Å². The third kappa shape index (κ3) is 2.19. The Morgan fingerprint density at radius 3 is 2.63 bits per heavy atom. The van der Waals surface area contributed by atoms with Gasteiger partial charge in [0, 0.05) is 18.5 Å². The van der Waals surface area contributed by atoms with Crippen molar-refractivity contribution in [3.05, 3.63) is 39.4 Å². The van der Waals surface area contributed by atoms with Crippen LogP contribution in [-0.2, 0) is 0 Å². The van der Waals surface area contributed by atoms with E-state index in [1.54, 1.807) is 6.92 Å². The number of amides is 2. The second kappa shape index (κ2) is 4.97. The Morgan fingerprint density at radius 1 is 1.37 bits per heavy atom. The highest BCUT2D eigenvalue weighted by molar-refractivity contribution is 6.23. The minimum atomic E-state index is -0.654. The fourth-order valence-electron chi connectivity index (χ4n) is 1.99. The van der Waals surface area contributed by atoms with Crippen LogP contribution in [-0.4, -0.2) is 34.1 Å². The van der Waals surface area contributed by atoms with Gasteiger partial charge in [-0.1, -0.05) is 13.0 Å². The van der Waals surface area contributed by atoms with Crippen LogP contribution in [0, 0.1) is 16.0 Å². The Hall–Kier alpha value is -1.95. The lowest BCUT2D eigenvalue weighted by molar-refractivity contribution is -0.385.